The number of hydrogen-bond donors (Lipinski definition) is 2. The van der Waals surface area contributed by atoms with E-state index >= 15 is 0 Å². The Kier molecular flexibility index (Phi) is 10.6. The molecule has 2 aromatic rings. The number of rotatable bonds is 14. The van der Waals surface area contributed by atoms with E-state index in [9.17, 15) is 4.79 Å². The highest BCUT2D eigenvalue weighted by Crippen LogP contribution is 2.24. The fraction of sp³-hybridized carbons (Fsp3) is 0.480. The lowest BCUT2D eigenvalue weighted by atomic mass is 10.2. The van der Waals surface area contributed by atoms with Crippen LogP contribution in [-0.2, 0) is 4.79 Å². The lowest BCUT2D eigenvalue weighted by molar-refractivity contribution is -0.114. The number of amides is 1. The zero-order valence-corrected chi connectivity index (χ0v) is 18.6. The molecule has 0 spiro atoms. The summed E-state index contributed by atoms with van der Waals surface area (Å²) in [4.78, 5) is 12.4. The first-order valence-electron chi connectivity index (χ1n) is 11.1. The van der Waals surface area contributed by atoms with Crippen LogP contribution in [0.1, 0.15) is 52.9 Å². The molecule has 5 heteroatoms. The van der Waals surface area contributed by atoms with Gasteiger partial charge in [-0.25, -0.2) is 0 Å². The zero-order valence-electron chi connectivity index (χ0n) is 18.6. The lowest BCUT2D eigenvalue weighted by Crippen LogP contribution is -2.22. The standard InChI is InChI=1S/C25H36N2O3/c1-4-5-6-7-10-16-29-22-13-11-12-21(17-22)26-18-25(28)27-23-14-8-9-15-24(23)30-19-20(2)3/h8-9,11-15,17,20,26H,4-7,10,16,18-19H2,1-3H3,(H,27,28). The molecule has 0 atom stereocenters. The summed E-state index contributed by atoms with van der Waals surface area (Å²) in [6, 6.07) is 15.2. The van der Waals surface area contributed by atoms with Crippen molar-refractivity contribution < 1.29 is 14.3 Å². The second kappa shape index (κ2) is 13.5. The second-order valence-corrected chi connectivity index (χ2v) is 7.89. The van der Waals surface area contributed by atoms with Gasteiger partial charge in [-0.3, -0.25) is 4.79 Å². The molecule has 2 aromatic carbocycles. The number of para-hydroxylation sites is 2. The van der Waals surface area contributed by atoms with Crippen molar-refractivity contribution in [3.05, 3.63) is 48.5 Å². The molecule has 0 radical (unpaired) electrons. The summed E-state index contributed by atoms with van der Waals surface area (Å²) in [6.45, 7) is 7.90. The third-order valence-corrected chi connectivity index (χ3v) is 4.54. The minimum atomic E-state index is -0.127. The minimum Gasteiger partial charge on any atom is -0.494 e. The highest BCUT2D eigenvalue weighted by molar-refractivity contribution is 5.95. The van der Waals surface area contributed by atoms with Crippen molar-refractivity contribution in [1.29, 1.82) is 0 Å². The van der Waals surface area contributed by atoms with E-state index in [0.717, 1.165) is 24.5 Å². The Labute approximate surface area is 181 Å². The SMILES string of the molecule is CCCCCCCOc1cccc(NCC(=O)Nc2ccccc2OCC(C)C)c1. The maximum atomic E-state index is 12.4. The van der Waals surface area contributed by atoms with Gasteiger partial charge in [0.2, 0.25) is 5.91 Å². The highest BCUT2D eigenvalue weighted by atomic mass is 16.5. The lowest BCUT2D eigenvalue weighted by Gasteiger charge is -2.14. The molecule has 164 valence electrons. The van der Waals surface area contributed by atoms with Crippen molar-refractivity contribution in [3.63, 3.8) is 0 Å². The number of carbonyl (C=O) groups is 1. The molecule has 5 nitrogen and oxygen atoms in total. The molecule has 30 heavy (non-hydrogen) atoms. The maximum Gasteiger partial charge on any atom is 0.243 e. The fourth-order valence-electron chi connectivity index (χ4n) is 2.92. The summed E-state index contributed by atoms with van der Waals surface area (Å²) in [6.07, 6.45) is 6.07. The average molecular weight is 413 g/mol. The average Bonchev–Trinajstić information content (AvgIpc) is 2.74. The quantitative estimate of drug-likeness (QED) is 0.367. The van der Waals surface area contributed by atoms with Crippen molar-refractivity contribution in [3.8, 4) is 11.5 Å². The van der Waals surface area contributed by atoms with Crippen molar-refractivity contribution in [2.24, 2.45) is 5.92 Å². The van der Waals surface area contributed by atoms with Crippen LogP contribution in [0.15, 0.2) is 48.5 Å². The first kappa shape index (κ1) is 23.6. The van der Waals surface area contributed by atoms with E-state index in [1.54, 1.807) is 0 Å². The van der Waals surface area contributed by atoms with Crippen LogP contribution in [0.3, 0.4) is 0 Å². The van der Waals surface area contributed by atoms with Crippen molar-refractivity contribution in [2.75, 3.05) is 30.4 Å². The van der Waals surface area contributed by atoms with Gasteiger partial charge < -0.3 is 20.1 Å². The van der Waals surface area contributed by atoms with E-state index in [1.807, 2.05) is 48.5 Å². The van der Waals surface area contributed by atoms with E-state index < -0.39 is 0 Å². The zero-order chi connectivity index (χ0) is 21.6. The molecule has 0 bridgehead atoms. The number of anilines is 2. The Morgan fingerprint density at radius 1 is 0.967 bits per heavy atom. The van der Waals surface area contributed by atoms with Gasteiger partial charge in [0.15, 0.2) is 0 Å². The van der Waals surface area contributed by atoms with Crippen LogP contribution in [0.2, 0.25) is 0 Å². The molecule has 0 heterocycles. The van der Waals surface area contributed by atoms with Gasteiger partial charge in [-0.05, 0) is 36.6 Å². The molecule has 0 aliphatic carbocycles. The molecule has 0 saturated carbocycles. The van der Waals surface area contributed by atoms with E-state index in [1.165, 1.54) is 25.7 Å². The topological polar surface area (TPSA) is 59.6 Å². The third-order valence-electron chi connectivity index (χ3n) is 4.54. The summed E-state index contributed by atoms with van der Waals surface area (Å²) in [5, 5.41) is 6.08. The predicted octanol–water partition coefficient (Wildman–Crippen LogP) is 6.12. The van der Waals surface area contributed by atoms with Crippen LogP contribution in [-0.4, -0.2) is 25.7 Å². The smallest absolute Gasteiger partial charge is 0.243 e. The number of benzene rings is 2. The van der Waals surface area contributed by atoms with Gasteiger partial charge in [0.05, 0.1) is 25.4 Å². The Bertz CT molecular complexity index is 762. The molecule has 0 aliphatic heterocycles. The highest BCUT2D eigenvalue weighted by Gasteiger charge is 2.08. The predicted molar refractivity (Wildman–Crippen MR) is 125 cm³/mol. The Morgan fingerprint density at radius 2 is 1.77 bits per heavy atom. The minimum absolute atomic E-state index is 0.127. The Balaban J connectivity index is 1.78. The van der Waals surface area contributed by atoms with Crippen LogP contribution in [0.5, 0.6) is 11.5 Å². The van der Waals surface area contributed by atoms with Gasteiger partial charge >= 0.3 is 0 Å². The van der Waals surface area contributed by atoms with Gasteiger partial charge in [-0.2, -0.15) is 0 Å². The molecule has 0 aliphatic rings. The fourth-order valence-corrected chi connectivity index (χ4v) is 2.92. The maximum absolute atomic E-state index is 12.4. The number of nitrogens with one attached hydrogen (secondary N) is 2. The molecular formula is C25H36N2O3. The summed E-state index contributed by atoms with van der Waals surface area (Å²) < 4.78 is 11.6. The van der Waals surface area contributed by atoms with Crippen molar-refractivity contribution in [2.45, 2.75) is 52.9 Å². The largest absolute Gasteiger partial charge is 0.494 e. The molecule has 0 fully saturated rings. The van der Waals surface area contributed by atoms with Crippen LogP contribution < -0.4 is 20.1 Å². The van der Waals surface area contributed by atoms with Crippen LogP contribution >= 0.6 is 0 Å². The Morgan fingerprint density at radius 3 is 2.57 bits per heavy atom. The van der Waals surface area contributed by atoms with Gasteiger partial charge in [-0.1, -0.05) is 64.7 Å². The van der Waals surface area contributed by atoms with E-state index in [-0.39, 0.29) is 12.5 Å². The van der Waals surface area contributed by atoms with Crippen LogP contribution in [0.25, 0.3) is 0 Å². The van der Waals surface area contributed by atoms with Gasteiger partial charge in [0, 0.05) is 11.8 Å². The first-order chi connectivity index (χ1) is 14.6. The normalized spacial score (nSPS) is 10.7. The van der Waals surface area contributed by atoms with Crippen molar-refractivity contribution in [1.82, 2.24) is 0 Å². The third kappa shape index (κ3) is 9.21. The molecule has 0 aromatic heterocycles. The van der Waals surface area contributed by atoms with E-state index in [4.69, 9.17) is 9.47 Å². The van der Waals surface area contributed by atoms with Crippen LogP contribution in [0.4, 0.5) is 11.4 Å². The first-order valence-corrected chi connectivity index (χ1v) is 11.1. The van der Waals surface area contributed by atoms with Gasteiger partial charge in [0.25, 0.3) is 0 Å². The Hall–Kier alpha value is -2.69. The summed E-state index contributed by atoms with van der Waals surface area (Å²) in [5.41, 5.74) is 1.54. The summed E-state index contributed by atoms with van der Waals surface area (Å²) in [5.74, 6) is 1.80. The number of carbonyl (C=O) groups excluding carboxylic acids is 1. The number of unbranched alkanes of at least 4 members (excludes halogenated alkanes) is 4. The molecule has 2 rings (SSSR count). The second-order valence-electron chi connectivity index (χ2n) is 7.89. The van der Waals surface area contributed by atoms with Crippen LogP contribution in [0, 0.1) is 5.92 Å². The molecule has 0 unspecified atom stereocenters. The van der Waals surface area contributed by atoms with Gasteiger partial charge in [0.1, 0.15) is 11.5 Å². The molecule has 2 N–H and O–H groups in total. The number of hydrogen-bond acceptors (Lipinski definition) is 4. The van der Waals surface area contributed by atoms with E-state index in [2.05, 4.69) is 31.4 Å². The molecule has 1 amide bonds. The molecule has 0 saturated heterocycles. The summed E-state index contributed by atoms with van der Waals surface area (Å²) in [7, 11) is 0. The number of ether oxygens (including phenoxy) is 2. The van der Waals surface area contributed by atoms with Crippen molar-refractivity contribution >= 4 is 17.3 Å². The van der Waals surface area contributed by atoms with E-state index in [0.29, 0.717) is 24.0 Å². The summed E-state index contributed by atoms with van der Waals surface area (Å²) >= 11 is 0. The molecular weight excluding hydrogens is 376 g/mol. The van der Waals surface area contributed by atoms with Gasteiger partial charge in [-0.15, -0.1) is 0 Å². The monoisotopic (exact) mass is 412 g/mol.